The van der Waals surface area contributed by atoms with Crippen LogP contribution in [0, 0.1) is 5.92 Å². The Balaban J connectivity index is 3.11. The minimum Gasteiger partial charge on any atom is -0.227 e. The van der Waals surface area contributed by atoms with Gasteiger partial charge in [-0.2, -0.15) is 0 Å². The van der Waals surface area contributed by atoms with Gasteiger partial charge in [0, 0.05) is 11.5 Å². The van der Waals surface area contributed by atoms with Crippen LogP contribution in [0.2, 0.25) is 0 Å². The average molecular weight is 282 g/mol. The molecule has 1 saturated carbocycles. The summed E-state index contributed by atoms with van der Waals surface area (Å²) >= 11 is 0. The molecule has 1 aliphatic rings. The van der Waals surface area contributed by atoms with Crippen molar-refractivity contribution < 1.29 is 16.8 Å². The molecule has 0 aromatic carbocycles. The van der Waals surface area contributed by atoms with E-state index in [-0.39, 0.29) is 17.4 Å². The Morgan fingerprint density at radius 2 is 1.29 bits per heavy atom. The van der Waals surface area contributed by atoms with Gasteiger partial charge in [0.2, 0.25) is 0 Å². The van der Waals surface area contributed by atoms with E-state index in [4.69, 9.17) is 0 Å². The molecule has 1 fully saturated rings. The lowest BCUT2D eigenvalue weighted by atomic mass is 9.91. The second-order valence-electron chi connectivity index (χ2n) is 4.67. The van der Waals surface area contributed by atoms with E-state index in [1.165, 1.54) is 13.8 Å². The fourth-order valence-corrected chi connectivity index (χ4v) is 7.52. The fraction of sp³-hybridized carbons (Fsp3) is 1.00. The van der Waals surface area contributed by atoms with Gasteiger partial charge in [0.05, 0.1) is 0 Å². The summed E-state index contributed by atoms with van der Waals surface area (Å²) in [6.07, 6.45) is 4.42. The Morgan fingerprint density at radius 1 is 0.882 bits per heavy atom. The molecule has 0 bridgehead atoms. The van der Waals surface area contributed by atoms with Crippen molar-refractivity contribution in [2.24, 2.45) is 5.92 Å². The predicted octanol–water partition coefficient (Wildman–Crippen LogP) is 1.76. The van der Waals surface area contributed by atoms with Crippen LogP contribution in [-0.2, 0) is 19.7 Å². The van der Waals surface area contributed by atoms with Gasteiger partial charge in [-0.3, -0.25) is 0 Å². The lowest BCUT2D eigenvalue weighted by Crippen LogP contribution is -2.40. The lowest BCUT2D eigenvalue weighted by molar-refractivity contribution is 0.367. The first-order valence-corrected chi connectivity index (χ1v) is 9.71. The molecule has 6 heteroatoms. The lowest BCUT2D eigenvalue weighted by Gasteiger charge is -2.29. The van der Waals surface area contributed by atoms with Crippen molar-refractivity contribution in [3.63, 3.8) is 0 Å². The summed E-state index contributed by atoms with van der Waals surface area (Å²) in [6.45, 7) is 3.05. The van der Waals surface area contributed by atoms with Crippen LogP contribution >= 0.6 is 0 Å². The quantitative estimate of drug-likeness (QED) is 0.770. The van der Waals surface area contributed by atoms with Crippen LogP contribution in [0.1, 0.15) is 46.0 Å². The average Bonchev–Trinajstić information content (AvgIpc) is 2.30. The number of hydrogen-bond acceptors (Lipinski definition) is 4. The fourth-order valence-electron chi connectivity index (χ4n) is 2.54. The van der Waals surface area contributed by atoms with Gasteiger partial charge in [-0.15, -0.1) is 0 Å². The smallest absolute Gasteiger partial charge is 0.167 e. The molecule has 0 aliphatic heterocycles. The highest BCUT2D eigenvalue weighted by atomic mass is 32.3. The monoisotopic (exact) mass is 282 g/mol. The standard InChI is InChI=1S/C11H22O4S2/c1-3-16(12,13)11(17(14,15)4-2)10-8-6-5-7-9-10/h10-11H,3-9H2,1-2H3. The van der Waals surface area contributed by atoms with Gasteiger partial charge in [0.1, 0.15) is 0 Å². The van der Waals surface area contributed by atoms with Crippen molar-refractivity contribution in [2.75, 3.05) is 11.5 Å². The molecule has 0 heterocycles. The molecule has 0 saturated heterocycles. The first-order chi connectivity index (χ1) is 7.85. The third-order valence-corrected chi connectivity index (χ3v) is 9.10. The minimum absolute atomic E-state index is 0.0899. The third kappa shape index (κ3) is 3.44. The summed E-state index contributed by atoms with van der Waals surface area (Å²) in [7, 11) is -7.04. The van der Waals surface area contributed by atoms with Crippen LogP contribution in [-0.4, -0.2) is 32.9 Å². The van der Waals surface area contributed by atoms with E-state index in [0.717, 1.165) is 32.1 Å². The molecule has 0 aromatic rings. The zero-order valence-corrected chi connectivity index (χ0v) is 12.2. The van der Waals surface area contributed by atoms with Crippen molar-refractivity contribution in [1.29, 1.82) is 0 Å². The van der Waals surface area contributed by atoms with Crippen LogP contribution in [0.3, 0.4) is 0 Å². The largest absolute Gasteiger partial charge is 0.227 e. The molecule has 0 spiro atoms. The molecule has 1 rings (SSSR count). The van der Waals surface area contributed by atoms with Crippen LogP contribution in [0.4, 0.5) is 0 Å². The summed E-state index contributed by atoms with van der Waals surface area (Å²) in [5.41, 5.74) is 0. The van der Waals surface area contributed by atoms with Gasteiger partial charge < -0.3 is 0 Å². The van der Waals surface area contributed by atoms with Crippen LogP contribution in [0.5, 0.6) is 0 Å². The number of hydrogen-bond donors (Lipinski definition) is 0. The van der Waals surface area contributed by atoms with E-state index in [1.807, 2.05) is 0 Å². The van der Waals surface area contributed by atoms with Gasteiger partial charge in [0.25, 0.3) is 0 Å². The predicted molar refractivity (Wildman–Crippen MR) is 69.3 cm³/mol. The summed E-state index contributed by atoms with van der Waals surface area (Å²) in [6, 6.07) is 0. The topological polar surface area (TPSA) is 68.3 Å². The third-order valence-electron chi connectivity index (χ3n) is 3.55. The maximum atomic E-state index is 12.0. The Labute approximate surface area is 105 Å². The molecular weight excluding hydrogens is 260 g/mol. The van der Waals surface area contributed by atoms with Crippen molar-refractivity contribution in [3.05, 3.63) is 0 Å². The summed E-state index contributed by atoms with van der Waals surface area (Å²) < 4.78 is 46.9. The van der Waals surface area contributed by atoms with Crippen molar-refractivity contribution in [1.82, 2.24) is 0 Å². The Bertz CT molecular complexity index is 396. The van der Waals surface area contributed by atoms with Crippen molar-refractivity contribution in [2.45, 2.75) is 50.5 Å². The first-order valence-electron chi connectivity index (χ1n) is 6.28. The van der Waals surface area contributed by atoms with Crippen molar-refractivity contribution >= 4 is 19.7 Å². The molecule has 0 N–H and O–H groups in total. The highest BCUT2D eigenvalue weighted by Crippen LogP contribution is 2.33. The Hall–Kier alpha value is -0.100. The molecule has 0 aromatic heterocycles. The normalized spacial score (nSPS) is 19.7. The first kappa shape index (κ1) is 15.0. The number of rotatable bonds is 5. The SMILES string of the molecule is CCS(=O)(=O)C(C1CCCCC1)S(=O)(=O)CC. The highest BCUT2D eigenvalue weighted by Gasteiger charge is 2.41. The van der Waals surface area contributed by atoms with E-state index in [1.54, 1.807) is 0 Å². The van der Waals surface area contributed by atoms with Crippen LogP contribution in [0.15, 0.2) is 0 Å². The van der Waals surface area contributed by atoms with Gasteiger partial charge in [-0.25, -0.2) is 16.8 Å². The highest BCUT2D eigenvalue weighted by molar-refractivity contribution is 8.09. The Kier molecular flexibility index (Phi) is 5.01. The van der Waals surface area contributed by atoms with Gasteiger partial charge in [0.15, 0.2) is 24.3 Å². The maximum Gasteiger partial charge on any atom is 0.167 e. The molecule has 4 nitrogen and oxygen atoms in total. The van der Waals surface area contributed by atoms with Gasteiger partial charge in [-0.05, 0) is 18.8 Å². The Morgan fingerprint density at radius 3 is 1.65 bits per heavy atom. The molecule has 0 atom stereocenters. The van der Waals surface area contributed by atoms with E-state index in [9.17, 15) is 16.8 Å². The molecule has 0 radical (unpaired) electrons. The minimum atomic E-state index is -3.52. The zero-order valence-electron chi connectivity index (χ0n) is 10.6. The number of sulfone groups is 2. The summed E-state index contributed by atoms with van der Waals surface area (Å²) in [4.78, 5) is 0. The molecule has 102 valence electrons. The van der Waals surface area contributed by atoms with E-state index in [2.05, 4.69) is 0 Å². The molecular formula is C11H22O4S2. The molecule has 1 aliphatic carbocycles. The van der Waals surface area contributed by atoms with Gasteiger partial charge in [-0.1, -0.05) is 33.1 Å². The van der Waals surface area contributed by atoms with Crippen molar-refractivity contribution in [3.8, 4) is 0 Å². The molecule has 0 amide bonds. The summed E-state index contributed by atoms with van der Waals surface area (Å²) in [5, 5.41) is 0. The zero-order chi connectivity index (χ0) is 13.1. The second kappa shape index (κ2) is 5.69. The van der Waals surface area contributed by atoms with Gasteiger partial charge >= 0.3 is 0 Å². The molecule has 0 unspecified atom stereocenters. The van der Waals surface area contributed by atoms with Crippen LogP contribution < -0.4 is 0 Å². The maximum absolute atomic E-state index is 12.0. The van der Waals surface area contributed by atoms with E-state index >= 15 is 0 Å². The van der Waals surface area contributed by atoms with E-state index in [0.29, 0.717) is 0 Å². The summed E-state index contributed by atoms with van der Waals surface area (Å²) in [5.74, 6) is -0.375. The van der Waals surface area contributed by atoms with E-state index < -0.39 is 24.3 Å². The second-order valence-corrected chi connectivity index (χ2v) is 9.79. The molecule has 17 heavy (non-hydrogen) atoms. The van der Waals surface area contributed by atoms with Crippen LogP contribution in [0.25, 0.3) is 0 Å².